The summed E-state index contributed by atoms with van der Waals surface area (Å²) in [5, 5.41) is 4.21. The molecule has 0 unspecified atom stereocenters. The van der Waals surface area contributed by atoms with Crippen LogP contribution < -0.4 is 5.73 Å². The first kappa shape index (κ1) is 14.5. The zero-order chi connectivity index (χ0) is 13.5. The van der Waals surface area contributed by atoms with Crippen molar-refractivity contribution in [2.24, 2.45) is 0 Å². The number of carbonyl (C=O) groups is 1. The van der Waals surface area contributed by atoms with E-state index in [1.165, 1.54) is 7.11 Å². The van der Waals surface area contributed by atoms with Gasteiger partial charge in [0.05, 0.1) is 19.3 Å². The number of nitrogens with zero attached hydrogens (tertiary/aromatic N) is 2. The van der Waals surface area contributed by atoms with E-state index in [-0.39, 0.29) is 12.3 Å². The molecule has 0 aliphatic carbocycles. The Morgan fingerprint density at radius 1 is 1.44 bits per heavy atom. The third-order valence-corrected chi connectivity index (χ3v) is 2.65. The summed E-state index contributed by atoms with van der Waals surface area (Å²) in [5.41, 5.74) is 6.85. The first-order valence-electron chi connectivity index (χ1n) is 6.16. The average molecular weight is 255 g/mol. The van der Waals surface area contributed by atoms with Crippen molar-refractivity contribution in [3.8, 4) is 0 Å². The molecule has 1 aromatic heterocycles. The van der Waals surface area contributed by atoms with Gasteiger partial charge in [-0.1, -0.05) is 13.3 Å². The molecule has 6 nitrogen and oxygen atoms in total. The van der Waals surface area contributed by atoms with Crippen molar-refractivity contribution in [2.75, 3.05) is 19.5 Å². The summed E-state index contributed by atoms with van der Waals surface area (Å²) in [5.74, 6) is 0.00366. The lowest BCUT2D eigenvalue weighted by atomic mass is 10.2. The molecular weight excluding hydrogens is 234 g/mol. The van der Waals surface area contributed by atoms with Gasteiger partial charge in [-0.2, -0.15) is 5.10 Å². The lowest BCUT2D eigenvalue weighted by Crippen LogP contribution is -2.07. The molecule has 1 rings (SSSR count). The Balaban J connectivity index is 3.01. The van der Waals surface area contributed by atoms with Gasteiger partial charge >= 0.3 is 5.97 Å². The highest BCUT2D eigenvalue weighted by Crippen LogP contribution is 2.19. The number of anilines is 1. The number of nitrogen functional groups attached to an aromatic ring is 1. The van der Waals surface area contributed by atoms with Gasteiger partial charge < -0.3 is 15.2 Å². The SMILES string of the molecule is CCCCn1nc(C(=O)OC)c(COCC)c1N. The van der Waals surface area contributed by atoms with Gasteiger partial charge in [-0.25, -0.2) is 9.48 Å². The Labute approximate surface area is 107 Å². The second-order valence-electron chi connectivity index (χ2n) is 3.92. The minimum absolute atomic E-state index is 0.250. The number of carbonyl (C=O) groups excluding carboxylic acids is 1. The fourth-order valence-corrected chi connectivity index (χ4v) is 1.60. The van der Waals surface area contributed by atoms with Gasteiger partial charge in [0.1, 0.15) is 5.82 Å². The molecule has 18 heavy (non-hydrogen) atoms. The lowest BCUT2D eigenvalue weighted by molar-refractivity contribution is 0.0585. The summed E-state index contributed by atoms with van der Waals surface area (Å²) < 4.78 is 11.7. The molecular formula is C12H21N3O3. The number of rotatable bonds is 7. The molecule has 0 amide bonds. The van der Waals surface area contributed by atoms with Gasteiger partial charge in [0.25, 0.3) is 0 Å². The number of aromatic nitrogens is 2. The molecule has 0 atom stereocenters. The molecule has 0 fully saturated rings. The van der Waals surface area contributed by atoms with Crippen LogP contribution in [0.15, 0.2) is 0 Å². The van der Waals surface area contributed by atoms with Crippen LogP contribution in [0.1, 0.15) is 42.7 Å². The Morgan fingerprint density at radius 2 is 2.17 bits per heavy atom. The van der Waals surface area contributed by atoms with E-state index < -0.39 is 5.97 Å². The van der Waals surface area contributed by atoms with Gasteiger partial charge in [-0.15, -0.1) is 0 Å². The zero-order valence-electron chi connectivity index (χ0n) is 11.2. The minimum Gasteiger partial charge on any atom is -0.464 e. The molecule has 0 aliphatic rings. The number of hydrogen-bond donors (Lipinski definition) is 1. The van der Waals surface area contributed by atoms with Crippen molar-refractivity contribution >= 4 is 11.8 Å². The van der Waals surface area contributed by atoms with E-state index in [9.17, 15) is 4.79 Å². The van der Waals surface area contributed by atoms with Crippen LogP contribution in [-0.2, 0) is 22.6 Å². The van der Waals surface area contributed by atoms with Crippen LogP contribution in [0.3, 0.4) is 0 Å². The Kier molecular flexibility index (Phi) is 5.64. The van der Waals surface area contributed by atoms with E-state index in [4.69, 9.17) is 15.2 Å². The average Bonchev–Trinajstić information content (AvgIpc) is 2.70. The van der Waals surface area contributed by atoms with Gasteiger partial charge in [-0.3, -0.25) is 0 Å². The molecule has 0 spiro atoms. The molecule has 0 bridgehead atoms. The predicted octanol–water partition coefficient (Wildman–Crippen LogP) is 1.59. The second-order valence-corrected chi connectivity index (χ2v) is 3.92. The molecule has 6 heteroatoms. The van der Waals surface area contributed by atoms with Crippen molar-refractivity contribution in [1.82, 2.24) is 9.78 Å². The van der Waals surface area contributed by atoms with E-state index in [1.54, 1.807) is 4.68 Å². The summed E-state index contributed by atoms with van der Waals surface area (Å²) in [4.78, 5) is 11.6. The first-order valence-corrected chi connectivity index (χ1v) is 6.16. The van der Waals surface area contributed by atoms with E-state index in [1.807, 2.05) is 6.92 Å². The van der Waals surface area contributed by atoms with Crippen molar-refractivity contribution < 1.29 is 14.3 Å². The lowest BCUT2D eigenvalue weighted by Gasteiger charge is -2.04. The van der Waals surface area contributed by atoms with Crippen LogP contribution in [0, 0.1) is 0 Å². The topological polar surface area (TPSA) is 79.4 Å². The largest absolute Gasteiger partial charge is 0.464 e. The van der Waals surface area contributed by atoms with Crippen LogP contribution in [0.2, 0.25) is 0 Å². The van der Waals surface area contributed by atoms with E-state index in [2.05, 4.69) is 12.0 Å². The Morgan fingerprint density at radius 3 is 2.72 bits per heavy atom. The standard InChI is InChI=1S/C12H21N3O3/c1-4-6-7-15-11(13)9(8-18-5-2)10(14-15)12(16)17-3/h4-8,13H2,1-3H3. The molecule has 0 radical (unpaired) electrons. The van der Waals surface area contributed by atoms with Crippen LogP contribution in [0.4, 0.5) is 5.82 Å². The van der Waals surface area contributed by atoms with E-state index >= 15 is 0 Å². The second kappa shape index (κ2) is 7.00. The number of methoxy groups -OCH3 is 1. The highest BCUT2D eigenvalue weighted by atomic mass is 16.5. The summed E-state index contributed by atoms with van der Waals surface area (Å²) >= 11 is 0. The number of unbranched alkanes of at least 4 members (excludes halogenated alkanes) is 1. The Bertz CT molecular complexity index is 402. The minimum atomic E-state index is -0.480. The maximum Gasteiger partial charge on any atom is 0.359 e. The molecule has 0 saturated heterocycles. The number of hydrogen-bond acceptors (Lipinski definition) is 5. The van der Waals surface area contributed by atoms with Crippen LogP contribution in [0.25, 0.3) is 0 Å². The third-order valence-electron chi connectivity index (χ3n) is 2.65. The number of aryl methyl sites for hydroxylation is 1. The van der Waals surface area contributed by atoms with Gasteiger partial charge in [0.15, 0.2) is 5.69 Å². The van der Waals surface area contributed by atoms with Crippen molar-refractivity contribution in [3.05, 3.63) is 11.3 Å². The van der Waals surface area contributed by atoms with Crippen LogP contribution >= 0.6 is 0 Å². The molecule has 102 valence electrons. The first-order chi connectivity index (χ1) is 8.65. The van der Waals surface area contributed by atoms with E-state index in [0.717, 1.165) is 12.8 Å². The number of nitrogens with two attached hydrogens (primary N) is 1. The van der Waals surface area contributed by atoms with Crippen LogP contribution in [-0.4, -0.2) is 29.5 Å². The maximum atomic E-state index is 11.6. The normalized spacial score (nSPS) is 10.6. The number of ether oxygens (including phenoxy) is 2. The Hall–Kier alpha value is -1.56. The zero-order valence-corrected chi connectivity index (χ0v) is 11.2. The van der Waals surface area contributed by atoms with Crippen LogP contribution in [0.5, 0.6) is 0 Å². The van der Waals surface area contributed by atoms with Crippen molar-refractivity contribution in [2.45, 2.75) is 39.8 Å². The van der Waals surface area contributed by atoms with Crippen molar-refractivity contribution in [1.29, 1.82) is 0 Å². The molecule has 2 N–H and O–H groups in total. The van der Waals surface area contributed by atoms with Crippen molar-refractivity contribution in [3.63, 3.8) is 0 Å². The highest BCUT2D eigenvalue weighted by Gasteiger charge is 2.21. The highest BCUT2D eigenvalue weighted by molar-refractivity contribution is 5.90. The van der Waals surface area contributed by atoms with Gasteiger partial charge in [0, 0.05) is 13.2 Å². The fraction of sp³-hybridized carbons (Fsp3) is 0.667. The van der Waals surface area contributed by atoms with Gasteiger partial charge in [-0.05, 0) is 13.3 Å². The smallest absolute Gasteiger partial charge is 0.359 e. The third kappa shape index (κ3) is 3.22. The molecule has 1 aromatic rings. The summed E-state index contributed by atoms with van der Waals surface area (Å²) in [6, 6.07) is 0. The predicted molar refractivity (Wildman–Crippen MR) is 68.2 cm³/mol. The summed E-state index contributed by atoms with van der Waals surface area (Å²) in [6.45, 7) is 5.50. The monoisotopic (exact) mass is 255 g/mol. The summed E-state index contributed by atoms with van der Waals surface area (Å²) in [6.07, 6.45) is 1.99. The van der Waals surface area contributed by atoms with E-state index in [0.29, 0.717) is 24.5 Å². The maximum absolute atomic E-state index is 11.6. The van der Waals surface area contributed by atoms with Gasteiger partial charge in [0.2, 0.25) is 0 Å². The molecule has 0 aromatic carbocycles. The molecule has 0 aliphatic heterocycles. The molecule has 0 saturated carbocycles. The number of esters is 1. The molecule has 1 heterocycles. The quantitative estimate of drug-likeness (QED) is 0.748. The summed E-state index contributed by atoms with van der Waals surface area (Å²) in [7, 11) is 1.33. The fourth-order valence-electron chi connectivity index (χ4n) is 1.60.